The predicted molar refractivity (Wildman–Crippen MR) is 88.4 cm³/mol. The summed E-state index contributed by atoms with van der Waals surface area (Å²) in [6.07, 6.45) is 0. The van der Waals surface area contributed by atoms with Crippen LogP contribution < -0.4 is 15.4 Å². The summed E-state index contributed by atoms with van der Waals surface area (Å²) in [4.78, 5) is 14.4. The topological polar surface area (TPSA) is 53.6 Å². The fourth-order valence-corrected chi connectivity index (χ4v) is 3.38. The van der Waals surface area contributed by atoms with Crippen LogP contribution in [0.1, 0.15) is 5.56 Å². The molecule has 3 rings (SSSR count). The van der Waals surface area contributed by atoms with E-state index in [-0.39, 0.29) is 18.3 Å². The summed E-state index contributed by atoms with van der Waals surface area (Å²) in [5, 5.41) is 6.41. The van der Waals surface area contributed by atoms with E-state index in [9.17, 15) is 4.79 Å². The summed E-state index contributed by atoms with van der Waals surface area (Å²) < 4.78 is 5.29. The molecule has 2 atom stereocenters. The Morgan fingerprint density at radius 1 is 1.32 bits per heavy atom. The molecule has 0 aromatic heterocycles. The van der Waals surface area contributed by atoms with E-state index < -0.39 is 0 Å². The van der Waals surface area contributed by atoms with Gasteiger partial charge in [-0.15, -0.1) is 12.4 Å². The molecule has 0 radical (unpaired) electrons. The van der Waals surface area contributed by atoms with Crippen molar-refractivity contribution in [2.24, 2.45) is 11.8 Å². The maximum absolute atomic E-state index is 12.1. The van der Waals surface area contributed by atoms with Gasteiger partial charge in [-0.2, -0.15) is 0 Å². The van der Waals surface area contributed by atoms with Gasteiger partial charge in [0.2, 0.25) is 5.91 Å². The smallest absolute Gasteiger partial charge is 0.234 e. The third kappa shape index (κ3) is 3.91. The highest BCUT2D eigenvalue weighted by Gasteiger charge is 2.36. The van der Waals surface area contributed by atoms with Crippen molar-refractivity contribution in [1.82, 2.24) is 15.5 Å². The van der Waals surface area contributed by atoms with Crippen molar-refractivity contribution in [3.63, 3.8) is 0 Å². The average Bonchev–Trinajstić information content (AvgIpc) is 3.06. The maximum Gasteiger partial charge on any atom is 0.234 e. The van der Waals surface area contributed by atoms with Gasteiger partial charge >= 0.3 is 0 Å². The molecule has 2 N–H and O–H groups in total. The average molecular weight is 326 g/mol. The van der Waals surface area contributed by atoms with Gasteiger partial charge in [0, 0.05) is 25.2 Å². The van der Waals surface area contributed by atoms with Crippen molar-refractivity contribution in [3.05, 3.63) is 29.8 Å². The fourth-order valence-electron chi connectivity index (χ4n) is 3.38. The number of likely N-dealkylation sites (tertiary alicyclic amines) is 1. The molecular weight excluding hydrogens is 302 g/mol. The highest BCUT2D eigenvalue weighted by molar-refractivity contribution is 5.85. The minimum atomic E-state index is 0. The van der Waals surface area contributed by atoms with Gasteiger partial charge < -0.3 is 15.4 Å². The minimum absolute atomic E-state index is 0. The number of rotatable bonds is 5. The Bertz CT molecular complexity index is 500. The SMILES string of the molecule is COc1ccccc1CNC(=O)CN1C[C@H]2CNC[C@H]2C1.Cl. The summed E-state index contributed by atoms with van der Waals surface area (Å²) in [6, 6.07) is 7.78. The molecule has 0 bridgehead atoms. The molecule has 1 amide bonds. The molecule has 2 saturated heterocycles. The molecule has 122 valence electrons. The van der Waals surface area contributed by atoms with Gasteiger partial charge in [0.1, 0.15) is 5.75 Å². The molecule has 1 aromatic rings. The summed E-state index contributed by atoms with van der Waals surface area (Å²) >= 11 is 0. The fraction of sp³-hybridized carbons (Fsp3) is 0.562. The highest BCUT2D eigenvalue weighted by atomic mass is 35.5. The summed E-state index contributed by atoms with van der Waals surface area (Å²) in [6.45, 7) is 5.31. The number of hydrogen-bond acceptors (Lipinski definition) is 4. The van der Waals surface area contributed by atoms with Gasteiger partial charge in [-0.1, -0.05) is 18.2 Å². The number of fused-ring (bicyclic) bond motifs is 1. The van der Waals surface area contributed by atoms with E-state index in [1.165, 1.54) is 0 Å². The monoisotopic (exact) mass is 325 g/mol. The lowest BCUT2D eigenvalue weighted by molar-refractivity contribution is -0.122. The number of nitrogens with zero attached hydrogens (tertiary/aromatic N) is 1. The molecule has 1 aromatic carbocycles. The molecule has 0 unspecified atom stereocenters. The number of ether oxygens (including phenoxy) is 1. The Morgan fingerprint density at radius 2 is 2.00 bits per heavy atom. The first-order chi connectivity index (χ1) is 10.3. The van der Waals surface area contributed by atoms with E-state index in [2.05, 4.69) is 15.5 Å². The van der Waals surface area contributed by atoms with E-state index in [0.29, 0.717) is 13.1 Å². The molecule has 0 saturated carbocycles. The van der Waals surface area contributed by atoms with E-state index in [4.69, 9.17) is 4.74 Å². The quantitative estimate of drug-likeness (QED) is 0.844. The standard InChI is InChI=1S/C16H23N3O2.ClH/c1-21-15-5-3-2-4-12(15)8-18-16(20)11-19-9-13-6-17-7-14(13)10-19;/h2-5,13-14,17H,6-11H2,1H3,(H,18,20);1H/t13-,14+;. The largest absolute Gasteiger partial charge is 0.496 e. The summed E-state index contributed by atoms with van der Waals surface area (Å²) in [5.74, 6) is 2.37. The summed E-state index contributed by atoms with van der Waals surface area (Å²) in [5.41, 5.74) is 1.01. The van der Waals surface area contributed by atoms with Crippen molar-refractivity contribution in [2.45, 2.75) is 6.54 Å². The number of methoxy groups -OCH3 is 1. The first-order valence-electron chi connectivity index (χ1n) is 7.58. The molecule has 2 aliphatic rings. The van der Waals surface area contributed by atoms with Crippen molar-refractivity contribution in [1.29, 1.82) is 0 Å². The zero-order valence-electron chi connectivity index (χ0n) is 12.9. The van der Waals surface area contributed by atoms with E-state index in [0.717, 1.165) is 49.3 Å². The second kappa shape index (κ2) is 7.81. The molecule has 2 heterocycles. The number of para-hydroxylation sites is 1. The number of hydrogen-bond donors (Lipinski definition) is 2. The van der Waals surface area contributed by atoms with E-state index in [1.54, 1.807) is 7.11 Å². The zero-order valence-corrected chi connectivity index (χ0v) is 13.7. The molecule has 0 aliphatic carbocycles. The molecule has 5 nitrogen and oxygen atoms in total. The molecule has 2 aliphatic heterocycles. The third-order valence-electron chi connectivity index (χ3n) is 4.50. The Morgan fingerprint density at radius 3 is 2.68 bits per heavy atom. The maximum atomic E-state index is 12.1. The van der Waals surface area contributed by atoms with E-state index in [1.807, 2.05) is 24.3 Å². The van der Waals surface area contributed by atoms with Gasteiger partial charge in [0.05, 0.1) is 13.7 Å². The molecule has 0 spiro atoms. The van der Waals surface area contributed by atoms with Gasteiger partial charge in [0.15, 0.2) is 0 Å². The Balaban J connectivity index is 0.00000176. The lowest BCUT2D eigenvalue weighted by Crippen LogP contribution is -2.37. The van der Waals surface area contributed by atoms with Gasteiger partial charge in [-0.25, -0.2) is 0 Å². The third-order valence-corrected chi connectivity index (χ3v) is 4.50. The molecule has 2 fully saturated rings. The van der Waals surface area contributed by atoms with Crippen LogP contribution in [0.4, 0.5) is 0 Å². The first kappa shape index (κ1) is 17.1. The highest BCUT2D eigenvalue weighted by Crippen LogP contribution is 2.25. The molecular formula is C16H24ClN3O2. The number of halogens is 1. The second-order valence-electron chi connectivity index (χ2n) is 5.96. The van der Waals surface area contributed by atoms with Crippen molar-refractivity contribution >= 4 is 18.3 Å². The van der Waals surface area contributed by atoms with Crippen LogP contribution >= 0.6 is 12.4 Å². The van der Waals surface area contributed by atoms with Crippen LogP contribution in [0.2, 0.25) is 0 Å². The van der Waals surface area contributed by atoms with Crippen LogP contribution in [0.5, 0.6) is 5.75 Å². The second-order valence-corrected chi connectivity index (χ2v) is 5.96. The predicted octanol–water partition coefficient (Wildman–Crippen LogP) is 0.884. The van der Waals surface area contributed by atoms with Crippen LogP contribution in [0, 0.1) is 11.8 Å². The minimum Gasteiger partial charge on any atom is -0.496 e. The van der Waals surface area contributed by atoms with Crippen molar-refractivity contribution in [2.75, 3.05) is 39.8 Å². The summed E-state index contributed by atoms with van der Waals surface area (Å²) in [7, 11) is 1.65. The number of benzene rings is 1. The van der Waals surface area contributed by atoms with Gasteiger partial charge in [-0.3, -0.25) is 9.69 Å². The van der Waals surface area contributed by atoms with E-state index >= 15 is 0 Å². The van der Waals surface area contributed by atoms with Crippen molar-refractivity contribution in [3.8, 4) is 5.75 Å². The number of carbonyl (C=O) groups is 1. The number of amides is 1. The van der Waals surface area contributed by atoms with Gasteiger partial charge in [-0.05, 0) is 31.0 Å². The lowest BCUT2D eigenvalue weighted by atomic mass is 10.0. The first-order valence-corrected chi connectivity index (χ1v) is 7.58. The Hall–Kier alpha value is -1.30. The Kier molecular flexibility index (Phi) is 6.06. The van der Waals surface area contributed by atoms with Gasteiger partial charge in [0.25, 0.3) is 0 Å². The lowest BCUT2D eigenvalue weighted by Gasteiger charge is -2.16. The molecule has 6 heteroatoms. The zero-order chi connectivity index (χ0) is 14.7. The van der Waals surface area contributed by atoms with Crippen molar-refractivity contribution < 1.29 is 9.53 Å². The molecule has 22 heavy (non-hydrogen) atoms. The van der Waals surface area contributed by atoms with Crippen LogP contribution in [0.25, 0.3) is 0 Å². The van der Waals surface area contributed by atoms with Crippen LogP contribution in [-0.2, 0) is 11.3 Å². The Labute approximate surface area is 137 Å². The number of nitrogens with one attached hydrogen (secondary N) is 2. The van der Waals surface area contributed by atoms with Crippen LogP contribution in [0.3, 0.4) is 0 Å². The number of carbonyl (C=O) groups excluding carboxylic acids is 1. The normalized spacial score (nSPS) is 23.7. The van der Waals surface area contributed by atoms with Crippen LogP contribution in [-0.4, -0.2) is 50.6 Å². The van der Waals surface area contributed by atoms with Crippen LogP contribution in [0.15, 0.2) is 24.3 Å².